The molecule has 1 aromatic heterocycles. The minimum atomic E-state index is 0.519. The number of rotatable bonds is 9. The van der Waals surface area contributed by atoms with E-state index in [-0.39, 0.29) is 0 Å². The molecule has 118 valence electrons. The van der Waals surface area contributed by atoms with Crippen LogP contribution in [0.4, 0.5) is 0 Å². The summed E-state index contributed by atoms with van der Waals surface area (Å²) in [5, 5.41) is 8.25. The molecule has 0 unspecified atom stereocenters. The van der Waals surface area contributed by atoms with E-state index in [0.717, 1.165) is 18.5 Å². The van der Waals surface area contributed by atoms with E-state index in [2.05, 4.69) is 10.2 Å². The Morgan fingerprint density at radius 2 is 2.14 bits per heavy atom. The highest BCUT2D eigenvalue weighted by atomic mass is 32.2. The fraction of sp³-hybridized carbons (Fsp3) is 0.400. The lowest BCUT2D eigenvalue weighted by Gasteiger charge is -2.12. The third-order valence-corrected chi connectivity index (χ3v) is 3.59. The van der Waals surface area contributed by atoms with Gasteiger partial charge in [-0.3, -0.25) is 4.79 Å². The summed E-state index contributed by atoms with van der Waals surface area (Å²) >= 11 is 1.50. The number of aromatic nitrogens is 2. The fourth-order valence-corrected chi connectivity index (χ4v) is 2.44. The van der Waals surface area contributed by atoms with Crippen molar-refractivity contribution in [2.75, 3.05) is 19.0 Å². The number of aryl methyl sites for hydroxylation is 1. The number of hydrogen-bond acceptors (Lipinski definition) is 7. The topological polar surface area (TPSA) is 74.5 Å². The van der Waals surface area contributed by atoms with Crippen molar-refractivity contribution in [1.29, 1.82) is 0 Å². The van der Waals surface area contributed by atoms with Crippen molar-refractivity contribution < 1.29 is 18.7 Å². The maximum absolute atomic E-state index is 10.8. The van der Waals surface area contributed by atoms with E-state index in [4.69, 9.17) is 13.9 Å². The van der Waals surface area contributed by atoms with Gasteiger partial charge in [0.05, 0.1) is 13.2 Å². The molecule has 0 radical (unpaired) electrons. The molecule has 0 fully saturated rings. The second kappa shape index (κ2) is 8.43. The summed E-state index contributed by atoms with van der Waals surface area (Å²) in [5.74, 6) is 2.62. The molecule has 2 aromatic rings. The van der Waals surface area contributed by atoms with Gasteiger partial charge < -0.3 is 13.9 Å². The lowest BCUT2D eigenvalue weighted by molar-refractivity contribution is 0.112. The van der Waals surface area contributed by atoms with Gasteiger partial charge in [-0.15, -0.1) is 10.2 Å². The van der Waals surface area contributed by atoms with Crippen LogP contribution >= 0.6 is 11.8 Å². The van der Waals surface area contributed by atoms with Gasteiger partial charge in [-0.1, -0.05) is 11.8 Å². The highest BCUT2D eigenvalue weighted by molar-refractivity contribution is 7.99. The van der Waals surface area contributed by atoms with Gasteiger partial charge in [0.1, 0.15) is 6.29 Å². The third kappa shape index (κ3) is 4.77. The van der Waals surface area contributed by atoms with Crippen LogP contribution in [-0.2, 0) is 0 Å². The number of aldehydes is 1. The zero-order valence-corrected chi connectivity index (χ0v) is 13.4. The van der Waals surface area contributed by atoms with Crippen LogP contribution in [0.25, 0.3) is 0 Å². The molecule has 1 aromatic carbocycles. The molecule has 22 heavy (non-hydrogen) atoms. The van der Waals surface area contributed by atoms with Crippen molar-refractivity contribution in [2.45, 2.75) is 25.5 Å². The van der Waals surface area contributed by atoms with Gasteiger partial charge in [-0.05, 0) is 31.5 Å². The van der Waals surface area contributed by atoms with Gasteiger partial charge >= 0.3 is 0 Å². The van der Waals surface area contributed by atoms with Gasteiger partial charge in [-0.2, -0.15) is 0 Å². The van der Waals surface area contributed by atoms with Crippen LogP contribution in [0.3, 0.4) is 0 Å². The quantitative estimate of drug-likeness (QED) is 0.399. The molecule has 7 heteroatoms. The third-order valence-electron chi connectivity index (χ3n) is 2.68. The van der Waals surface area contributed by atoms with E-state index < -0.39 is 0 Å². The van der Waals surface area contributed by atoms with Gasteiger partial charge in [0.15, 0.2) is 11.5 Å². The molecular weight excluding hydrogens is 304 g/mol. The molecule has 0 aliphatic heterocycles. The van der Waals surface area contributed by atoms with Crippen LogP contribution in [0.2, 0.25) is 0 Å². The predicted octanol–water partition coefficient (Wildman–Crippen LogP) is 3.15. The van der Waals surface area contributed by atoms with Crippen LogP contribution in [0.5, 0.6) is 11.5 Å². The van der Waals surface area contributed by atoms with Crippen molar-refractivity contribution in [3.05, 3.63) is 29.7 Å². The summed E-state index contributed by atoms with van der Waals surface area (Å²) in [7, 11) is 0. The molecular formula is C15H18N2O4S. The van der Waals surface area contributed by atoms with Gasteiger partial charge in [0, 0.05) is 18.2 Å². The molecule has 0 bridgehead atoms. The highest BCUT2D eigenvalue weighted by Crippen LogP contribution is 2.28. The zero-order valence-electron chi connectivity index (χ0n) is 12.6. The van der Waals surface area contributed by atoms with E-state index in [1.807, 2.05) is 6.92 Å². The first-order chi connectivity index (χ1) is 10.7. The van der Waals surface area contributed by atoms with Crippen LogP contribution in [0.15, 0.2) is 27.8 Å². The zero-order chi connectivity index (χ0) is 15.8. The Labute approximate surface area is 133 Å². The number of hydrogen-bond donors (Lipinski definition) is 0. The number of nitrogens with zero attached hydrogens (tertiary/aromatic N) is 2. The second-order valence-corrected chi connectivity index (χ2v) is 5.44. The second-order valence-electron chi connectivity index (χ2n) is 4.39. The summed E-state index contributed by atoms with van der Waals surface area (Å²) in [6.45, 7) is 4.71. The molecule has 0 N–H and O–H groups in total. The highest BCUT2D eigenvalue weighted by Gasteiger charge is 2.07. The molecule has 0 atom stereocenters. The Bertz CT molecular complexity index is 615. The largest absolute Gasteiger partial charge is 0.490 e. The maximum atomic E-state index is 10.8. The molecule has 1 heterocycles. The molecule has 0 saturated carbocycles. The minimum absolute atomic E-state index is 0.519. The molecule has 0 aliphatic rings. The number of carbonyl (C=O) groups is 1. The van der Waals surface area contributed by atoms with E-state index in [0.29, 0.717) is 41.4 Å². The molecule has 0 saturated heterocycles. The average molecular weight is 322 g/mol. The number of ether oxygens (including phenoxy) is 2. The number of carbonyl (C=O) groups excluding carboxylic acids is 1. The van der Waals surface area contributed by atoms with Crippen molar-refractivity contribution in [2.24, 2.45) is 0 Å². The van der Waals surface area contributed by atoms with Crippen LogP contribution in [0.1, 0.15) is 29.6 Å². The monoisotopic (exact) mass is 322 g/mol. The fourth-order valence-electron chi connectivity index (χ4n) is 1.72. The Kier molecular flexibility index (Phi) is 6.27. The molecule has 6 nitrogen and oxygen atoms in total. The van der Waals surface area contributed by atoms with Gasteiger partial charge in [-0.25, -0.2) is 0 Å². The standard InChI is InChI=1S/C15H18N2O4S/c1-3-19-14-9-12(10-18)5-6-13(14)20-7-4-8-22-15-17-16-11(2)21-15/h5-6,9-10H,3-4,7-8H2,1-2H3. The van der Waals surface area contributed by atoms with Gasteiger partial charge in [0.25, 0.3) is 5.22 Å². The van der Waals surface area contributed by atoms with E-state index in [9.17, 15) is 4.79 Å². The van der Waals surface area contributed by atoms with E-state index in [1.54, 1.807) is 25.1 Å². The summed E-state index contributed by atoms with van der Waals surface area (Å²) in [5.41, 5.74) is 0.568. The van der Waals surface area contributed by atoms with Gasteiger partial charge in [0.2, 0.25) is 5.89 Å². The normalized spacial score (nSPS) is 10.5. The Morgan fingerprint density at radius 1 is 1.27 bits per heavy atom. The predicted molar refractivity (Wildman–Crippen MR) is 82.9 cm³/mol. The first-order valence-electron chi connectivity index (χ1n) is 7.00. The maximum Gasteiger partial charge on any atom is 0.276 e. The van der Waals surface area contributed by atoms with Crippen LogP contribution in [-0.4, -0.2) is 35.5 Å². The summed E-state index contributed by atoms with van der Waals surface area (Å²) in [6, 6.07) is 5.14. The van der Waals surface area contributed by atoms with Crippen molar-refractivity contribution in [3.63, 3.8) is 0 Å². The summed E-state index contributed by atoms with van der Waals surface area (Å²) in [6.07, 6.45) is 1.61. The Balaban J connectivity index is 1.79. The average Bonchev–Trinajstić information content (AvgIpc) is 2.94. The van der Waals surface area contributed by atoms with E-state index >= 15 is 0 Å². The lowest BCUT2D eigenvalue weighted by Crippen LogP contribution is -2.02. The SMILES string of the molecule is CCOc1cc(C=O)ccc1OCCCSc1nnc(C)o1. The smallest absolute Gasteiger partial charge is 0.276 e. The Morgan fingerprint density at radius 3 is 2.82 bits per heavy atom. The molecule has 2 rings (SSSR count). The first-order valence-corrected chi connectivity index (χ1v) is 7.99. The number of benzene rings is 1. The lowest BCUT2D eigenvalue weighted by atomic mass is 10.2. The molecule has 0 aliphatic carbocycles. The first kappa shape index (κ1) is 16.4. The Hall–Kier alpha value is -2.02. The molecule has 0 amide bonds. The van der Waals surface area contributed by atoms with Crippen molar-refractivity contribution >= 4 is 18.0 Å². The summed E-state index contributed by atoms with van der Waals surface area (Å²) < 4.78 is 16.5. The summed E-state index contributed by atoms with van der Waals surface area (Å²) in [4.78, 5) is 10.8. The number of thioether (sulfide) groups is 1. The van der Waals surface area contributed by atoms with E-state index in [1.165, 1.54) is 11.8 Å². The minimum Gasteiger partial charge on any atom is -0.490 e. The van der Waals surface area contributed by atoms with Crippen molar-refractivity contribution in [3.8, 4) is 11.5 Å². The van der Waals surface area contributed by atoms with Crippen molar-refractivity contribution in [1.82, 2.24) is 10.2 Å². The molecule has 0 spiro atoms. The van der Waals surface area contributed by atoms with Crippen LogP contribution < -0.4 is 9.47 Å². The van der Waals surface area contributed by atoms with Crippen LogP contribution in [0, 0.1) is 6.92 Å².